The van der Waals surface area contributed by atoms with Crippen molar-refractivity contribution in [2.45, 2.75) is 73.1 Å². The van der Waals surface area contributed by atoms with Gasteiger partial charge in [-0.15, -0.1) is 0 Å². The number of rotatable bonds is 13. The molecule has 0 fully saturated rings. The van der Waals surface area contributed by atoms with Gasteiger partial charge in [-0.1, -0.05) is 0 Å². The van der Waals surface area contributed by atoms with Crippen molar-refractivity contribution in [3.63, 3.8) is 0 Å². The molecule has 0 heterocycles. The fourth-order valence-electron chi connectivity index (χ4n) is 6.33. The molecule has 0 spiro atoms. The second-order valence-corrected chi connectivity index (χ2v) is 34.5. The number of benzene rings is 4. The van der Waals surface area contributed by atoms with E-state index in [-0.39, 0.29) is 0 Å². The zero-order chi connectivity index (χ0) is 31.7. The van der Waals surface area contributed by atoms with Crippen LogP contribution in [0.25, 0.3) is 22.3 Å². The molecule has 0 saturated heterocycles. The molecule has 44 heavy (non-hydrogen) atoms. The number of halogens is 2. The molecule has 0 aliphatic heterocycles. The van der Waals surface area contributed by atoms with Gasteiger partial charge < -0.3 is 0 Å². The van der Waals surface area contributed by atoms with Crippen molar-refractivity contribution in [3.05, 3.63) is 139 Å². The maximum absolute atomic E-state index is 6.28. The molecule has 0 atom stereocenters. The van der Waals surface area contributed by atoms with Crippen LogP contribution in [0, 0.1) is 0 Å². The monoisotopic (exact) mass is 746 g/mol. The molecule has 0 N–H and O–H groups in total. The normalized spacial score (nSPS) is 12.9. The van der Waals surface area contributed by atoms with Gasteiger partial charge in [0.1, 0.15) is 0 Å². The topological polar surface area (TPSA) is 0 Å². The van der Waals surface area contributed by atoms with Crippen LogP contribution in [-0.4, -0.2) is 26.5 Å². The molecule has 0 bridgehead atoms. The molecule has 0 radical (unpaired) electrons. The summed E-state index contributed by atoms with van der Waals surface area (Å²) in [7, 11) is 0. The first-order valence-electron chi connectivity index (χ1n) is 16.4. The standard InChI is InChI=1S/C40H48Cl2Ge2/c1-7-43(8-2,9-3)29-39(35-21-25-37(41)26-22-35)33-17-13-31(14-18-33)32-15-19-34(20-16-32)40(30-44(10-4,11-5)12-6)36-23-27-38(42)28-24-36/h13-30H,7-12H2,1-6H3/b39-29-,40-30-. The van der Waals surface area contributed by atoms with Crippen molar-refractivity contribution < 1.29 is 0 Å². The van der Waals surface area contributed by atoms with Gasteiger partial charge in [-0.3, -0.25) is 0 Å². The zero-order valence-corrected chi connectivity index (χ0v) is 33.1. The SMILES string of the molecule is C[CH2][Ge](/[CH]=C(\c1ccc(Cl)cc1)c1ccc(-c2ccc(/C(=[CH]/[Ge]([CH2]C)([CH2]C)[CH2]C)c3ccc(Cl)cc3)cc2)cc1)([CH2]C)[CH2]C. The van der Waals surface area contributed by atoms with E-state index < -0.39 is 26.5 Å². The predicted octanol–water partition coefficient (Wildman–Crippen LogP) is 13.6. The third-order valence-electron chi connectivity index (χ3n) is 10.2. The Labute approximate surface area is 282 Å². The third-order valence-corrected chi connectivity index (χ3v) is 32.2. The van der Waals surface area contributed by atoms with Crippen LogP contribution in [-0.2, 0) is 0 Å². The molecule has 0 aliphatic carbocycles. The summed E-state index contributed by atoms with van der Waals surface area (Å²) in [5.74, 6) is 0. The van der Waals surface area contributed by atoms with Crippen molar-refractivity contribution in [2.24, 2.45) is 0 Å². The Bertz CT molecular complexity index is 1400. The Hall–Kier alpha value is -1.97. The fourth-order valence-corrected chi connectivity index (χ4v) is 19.4. The van der Waals surface area contributed by atoms with Crippen LogP contribution in [0.4, 0.5) is 0 Å². The van der Waals surface area contributed by atoms with E-state index in [1.165, 1.54) is 76.0 Å². The Kier molecular flexibility index (Phi) is 12.7. The second kappa shape index (κ2) is 16.0. The van der Waals surface area contributed by atoms with Crippen molar-refractivity contribution in [3.8, 4) is 11.1 Å². The number of hydrogen-bond donors (Lipinski definition) is 0. The van der Waals surface area contributed by atoms with Crippen LogP contribution in [0.1, 0.15) is 63.8 Å². The maximum atomic E-state index is 6.28. The Balaban J connectivity index is 1.72. The Morgan fingerprint density at radius 1 is 0.409 bits per heavy atom. The first kappa shape index (κ1) is 34.9. The van der Waals surface area contributed by atoms with Crippen molar-refractivity contribution in [1.29, 1.82) is 0 Å². The van der Waals surface area contributed by atoms with E-state index in [1.807, 2.05) is 24.3 Å². The average Bonchev–Trinajstić information content (AvgIpc) is 3.08. The van der Waals surface area contributed by atoms with Gasteiger partial charge in [-0.25, -0.2) is 0 Å². The van der Waals surface area contributed by atoms with Crippen molar-refractivity contribution in [1.82, 2.24) is 0 Å². The molecule has 0 aromatic heterocycles. The van der Waals surface area contributed by atoms with Crippen LogP contribution in [0.5, 0.6) is 0 Å². The van der Waals surface area contributed by atoms with Gasteiger partial charge in [-0.2, -0.15) is 0 Å². The summed E-state index contributed by atoms with van der Waals surface area (Å²) in [6, 6.07) is 35.1. The summed E-state index contributed by atoms with van der Waals surface area (Å²) in [4.78, 5) is 5.40. The van der Waals surface area contributed by atoms with E-state index in [9.17, 15) is 0 Å². The minimum absolute atomic E-state index is 0.781. The van der Waals surface area contributed by atoms with Gasteiger partial charge in [0.25, 0.3) is 0 Å². The minimum atomic E-state index is -2.11. The van der Waals surface area contributed by atoms with Gasteiger partial charge >= 0.3 is 284 Å². The van der Waals surface area contributed by atoms with Crippen molar-refractivity contribution in [2.75, 3.05) is 0 Å². The quantitative estimate of drug-likeness (QED) is 0.120. The third kappa shape index (κ3) is 8.24. The van der Waals surface area contributed by atoms with Crippen LogP contribution < -0.4 is 0 Å². The van der Waals surface area contributed by atoms with E-state index in [0.29, 0.717) is 0 Å². The molecule has 0 amide bonds. The first-order chi connectivity index (χ1) is 21.2. The van der Waals surface area contributed by atoms with Gasteiger partial charge in [0, 0.05) is 0 Å². The second-order valence-electron chi connectivity index (χ2n) is 12.1. The van der Waals surface area contributed by atoms with E-state index in [4.69, 9.17) is 23.2 Å². The molecule has 4 aromatic carbocycles. The van der Waals surface area contributed by atoms with E-state index in [0.717, 1.165) is 10.0 Å². The predicted molar refractivity (Wildman–Crippen MR) is 203 cm³/mol. The molecule has 4 aromatic rings. The van der Waals surface area contributed by atoms with Crippen molar-refractivity contribution >= 4 is 60.9 Å². The molecule has 4 heteroatoms. The summed E-state index contributed by atoms with van der Waals surface area (Å²) < 4.78 is 0. The van der Waals surface area contributed by atoms with Gasteiger partial charge in [0.2, 0.25) is 0 Å². The van der Waals surface area contributed by atoms with Gasteiger partial charge in [0.05, 0.1) is 0 Å². The van der Waals surface area contributed by atoms with E-state index >= 15 is 0 Å². The fraction of sp³-hybridized carbons (Fsp3) is 0.300. The van der Waals surface area contributed by atoms with Crippen LogP contribution in [0.15, 0.2) is 107 Å². The van der Waals surface area contributed by atoms with Crippen LogP contribution >= 0.6 is 23.2 Å². The first-order valence-corrected chi connectivity index (χ1v) is 28.5. The molecule has 0 nitrogen and oxygen atoms in total. The summed E-state index contributed by atoms with van der Waals surface area (Å²) in [6.07, 6.45) is 0. The molecule has 230 valence electrons. The van der Waals surface area contributed by atoms with Gasteiger partial charge in [-0.05, 0) is 0 Å². The summed E-state index contributed by atoms with van der Waals surface area (Å²) in [5.41, 5.74) is 10.3. The summed E-state index contributed by atoms with van der Waals surface area (Å²) in [5, 5.41) is 9.40. The molecular weight excluding hydrogens is 697 g/mol. The number of hydrogen-bond acceptors (Lipinski definition) is 0. The van der Waals surface area contributed by atoms with Crippen LogP contribution in [0.3, 0.4) is 0 Å². The van der Waals surface area contributed by atoms with E-state index in [2.05, 4.69) is 124 Å². The van der Waals surface area contributed by atoms with Crippen LogP contribution in [0.2, 0.25) is 41.6 Å². The molecule has 4 rings (SSSR count). The van der Waals surface area contributed by atoms with E-state index in [1.54, 1.807) is 0 Å². The average molecular weight is 745 g/mol. The Morgan fingerprint density at radius 2 is 0.636 bits per heavy atom. The molecule has 0 aliphatic rings. The Morgan fingerprint density at radius 3 is 0.864 bits per heavy atom. The molecule has 0 unspecified atom stereocenters. The molecular formula is C40H48Cl2Ge2. The van der Waals surface area contributed by atoms with Gasteiger partial charge in [0.15, 0.2) is 0 Å². The summed E-state index contributed by atoms with van der Waals surface area (Å²) >= 11 is 8.34. The molecule has 0 saturated carbocycles. The summed E-state index contributed by atoms with van der Waals surface area (Å²) in [6.45, 7) is 14.3. The zero-order valence-electron chi connectivity index (χ0n) is 27.4.